The molecule has 0 aliphatic heterocycles. The number of rotatable bonds is 3. The maximum absolute atomic E-state index is 12.1. The van der Waals surface area contributed by atoms with Crippen molar-refractivity contribution in [2.75, 3.05) is 0 Å². The van der Waals surface area contributed by atoms with Gasteiger partial charge < -0.3 is 9.47 Å². The number of hydrogen-bond donors (Lipinski definition) is 0. The molecule has 0 aromatic heterocycles. The molecule has 27 heavy (non-hydrogen) atoms. The fourth-order valence-electron chi connectivity index (χ4n) is 3.60. The lowest BCUT2D eigenvalue weighted by molar-refractivity contribution is 0.0685. The van der Waals surface area contributed by atoms with Crippen molar-refractivity contribution in [3.8, 4) is 0 Å². The van der Waals surface area contributed by atoms with Gasteiger partial charge in [0.25, 0.3) is 0 Å². The highest BCUT2D eigenvalue weighted by Gasteiger charge is 2.11. The first kappa shape index (κ1) is 21.5. The van der Waals surface area contributed by atoms with E-state index in [-0.39, 0.29) is 6.61 Å². The van der Waals surface area contributed by atoms with Crippen LogP contribution in [0.5, 0.6) is 0 Å². The molecule has 1 aromatic carbocycles. The zero-order valence-corrected chi connectivity index (χ0v) is 17.0. The third kappa shape index (κ3) is 10.2. The van der Waals surface area contributed by atoms with Crippen molar-refractivity contribution >= 4 is 6.16 Å². The van der Waals surface area contributed by atoms with Crippen LogP contribution in [-0.4, -0.2) is 6.16 Å². The Labute approximate surface area is 165 Å². The molecule has 0 bridgehead atoms. The predicted molar refractivity (Wildman–Crippen MR) is 110 cm³/mol. The van der Waals surface area contributed by atoms with Gasteiger partial charge in [0.1, 0.15) is 12.4 Å². The Balaban J connectivity index is 1.85. The SMILES string of the molecule is CC1/C=C(/OC(=O)OCc2ccccc2)CCCCCCCCCCCC1. The number of carbonyl (C=O) groups excluding carboxylic acids is 1. The van der Waals surface area contributed by atoms with Gasteiger partial charge in [0.15, 0.2) is 0 Å². The molecule has 0 N–H and O–H groups in total. The second kappa shape index (κ2) is 13.4. The lowest BCUT2D eigenvalue weighted by atomic mass is 10.0. The quantitative estimate of drug-likeness (QED) is 0.514. The maximum atomic E-state index is 12.1. The van der Waals surface area contributed by atoms with Crippen molar-refractivity contribution in [1.82, 2.24) is 0 Å². The summed E-state index contributed by atoms with van der Waals surface area (Å²) in [5, 5.41) is 0. The topological polar surface area (TPSA) is 35.5 Å². The summed E-state index contributed by atoms with van der Waals surface area (Å²) in [5.41, 5.74) is 0.971. The Bertz CT molecular complexity index is 550. The van der Waals surface area contributed by atoms with Crippen molar-refractivity contribution in [3.05, 3.63) is 47.7 Å². The third-order valence-corrected chi connectivity index (χ3v) is 5.22. The molecule has 1 unspecified atom stereocenters. The van der Waals surface area contributed by atoms with Crippen LogP contribution in [0, 0.1) is 5.92 Å². The van der Waals surface area contributed by atoms with Gasteiger partial charge >= 0.3 is 6.16 Å². The second-order valence-electron chi connectivity index (χ2n) is 7.81. The van der Waals surface area contributed by atoms with E-state index < -0.39 is 6.16 Å². The molecule has 1 aromatic rings. The largest absolute Gasteiger partial charge is 0.513 e. The summed E-state index contributed by atoms with van der Waals surface area (Å²) in [7, 11) is 0. The summed E-state index contributed by atoms with van der Waals surface area (Å²) >= 11 is 0. The summed E-state index contributed by atoms with van der Waals surface area (Å²) in [6.45, 7) is 2.47. The van der Waals surface area contributed by atoms with Crippen LogP contribution in [-0.2, 0) is 16.1 Å². The van der Waals surface area contributed by atoms with E-state index in [4.69, 9.17) is 9.47 Å². The minimum absolute atomic E-state index is 0.252. The Morgan fingerprint density at radius 2 is 1.48 bits per heavy atom. The minimum atomic E-state index is -0.588. The van der Waals surface area contributed by atoms with Crippen molar-refractivity contribution < 1.29 is 14.3 Å². The second-order valence-corrected chi connectivity index (χ2v) is 7.81. The van der Waals surface area contributed by atoms with Gasteiger partial charge in [-0.3, -0.25) is 0 Å². The number of carbonyl (C=O) groups is 1. The van der Waals surface area contributed by atoms with E-state index in [1.807, 2.05) is 30.3 Å². The van der Waals surface area contributed by atoms with E-state index in [1.54, 1.807) is 0 Å². The molecular weight excluding hydrogens is 336 g/mol. The van der Waals surface area contributed by atoms with E-state index in [2.05, 4.69) is 13.0 Å². The fraction of sp³-hybridized carbons (Fsp3) is 0.625. The molecule has 150 valence electrons. The van der Waals surface area contributed by atoms with Crippen LogP contribution in [0.4, 0.5) is 4.79 Å². The molecule has 0 fully saturated rings. The molecule has 0 spiro atoms. The van der Waals surface area contributed by atoms with Crippen LogP contribution < -0.4 is 0 Å². The average molecular weight is 373 g/mol. The average Bonchev–Trinajstić information content (AvgIpc) is 2.68. The molecule has 1 atom stereocenters. The van der Waals surface area contributed by atoms with Gasteiger partial charge in [0.2, 0.25) is 0 Å². The van der Waals surface area contributed by atoms with Crippen molar-refractivity contribution in [2.24, 2.45) is 5.92 Å². The lowest BCUT2D eigenvalue weighted by Gasteiger charge is -2.13. The van der Waals surface area contributed by atoms with Gasteiger partial charge in [-0.1, -0.05) is 95.0 Å². The normalized spacial score (nSPS) is 22.6. The smallest absolute Gasteiger partial charge is 0.429 e. The summed E-state index contributed by atoms with van der Waals surface area (Å²) in [5.74, 6) is 1.22. The molecule has 1 aliphatic carbocycles. The first-order chi connectivity index (χ1) is 13.2. The Morgan fingerprint density at radius 1 is 0.889 bits per heavy atom. The summed E-state index contributed by atoms with van der Waals surface area (Å²) in [4.78, 5) is 12.1. The monoisotopic (exact) mass is 372 g/mol. The van der Waals surface area contributed by atoms with Gasteiger partial charge in [-0.2, -0.15) is 0 Å². The van der Waals surface area contributed by atoms with Gasteiger partial charge in [0, 0.05) is 6.42 Å². The first-order valence-electron chi connectivity index (χ1n) is 10.8. The molecule has 0 amide bonds. The highest BCUT2D eigenvalue weighted by atomic mass is 16.7. The number of benzene rings is 1. The molecule has 0 saturated carbocycles. The fourth-order valence-corrected chi connectivity index (χ4v) is 3.60. The number of ether oxygens (including phenoxy) is 2. The molecular formula is C24H36O3. The molecule has 2 rings (SSSR count). The molecule has 0 radical (unpaired) electrons. The number of allylic oxidation sites excluding steroid dienone is 2. The van der Waals surface area contributed by atoms with E-state index in [0.717, 1.165) is 30.6 Å². The highest BCUT2D eigenvalue weighted by molar-refractivity contribution is 5.61. The summed E-state index contributed by atoms with van der Waals surface area (Å²) in [6, 6.07) is 9.71. The Hall–Kier alpha value is -1.77. The molecule has 0 heterocycles. The van der Waals surface area contributed by atoms with Crippen molar-refractivity contribution in [1.29, 1.82) is 0 Å². The standard InChI is InChI=1S/C24H36O3/c1-21-15-11-8-6-4-2-3-5-7-9-14-18-23(19-21)27-24(25)26-20-22-16-12-10-13-17-22/h10,12-13,16-17,19,21H,2-9,11,14-15,18,20H2,1H3/b23-19+. The van der Waals surface area contributed by atoms with Gasteiger partial charge in [-0.25, -0.2) is 4.79 Å². The molecule has 3 nitrogen and oxygen atoms in total. The minimum Gasteiger partial charge on any atom is -0.429 e. The Morgan fingerprint density at radius 3 is 2.15 bits per heavy atom. The van der Waals surface area contributed by atoms with Crippen molar-refractivity contribution in [3.63, 3.8) is 0 Å². The predicted octanol–water partition coefficient (Wildman–Crippen LogP) is 7.55. The zero-order chi connectivity index (χ0) is 19.2. The van der Waals surface area contributed by atoms with Crippen LogP contribution in [0.1, 0.15) is 89.5 Å². The molecule has 3 heteroatoms. The van der Waals surface area contributed by atoms with Crippen LogP contribution >= 0.6 is 0 Å². The van der Waals surface area contributed by atoms with E-state index in [1.165, 1.54) is 57.8 Å². The van der Waals surface area contributed by atoms with E-state index >= 15 is 0 Å². The summed E-state index contributed by atoms with van der Waals surface area (Å²) in [6.07, 6.45) is 16.5. The van der Waals surface area contributed by atoms with Crippen LogP contribution in [0.25, 0.3) is 0 Å². The maximum Gasteiger partial charge on any atom is 0.513 e. The van der Waals surface area contributed by atoms with Crippen molar-refractivity contribution in [2.45, 2.75) is 90.6 Å². The first-order valence-corrected chi connectivity index (χ1v) is 10.8. The summed E-state index contributed by atoms with van der Waals surface area (Å²) < 4.78 is 10.9. The van der Waals surface area contributed by atoms with Crippen LogP contribution in [0.15, 0.2) is 42.2 Å². The lowest BCUT2D eigenvalue weighted by Crippen LogP contribution is -2.08. The highest BCUT2D eigenvalue weighted by Crippen LogP contribution is 2.21. The third-order valence-electron chi connectivity index (χ3n) is 5.22. The van der Waals surface area contributed by atoms with Gasteiger partial charge in [0.05, 0.1) is 0 Å². The van der Waals surface area contributed by atoms with E-state index in [9.17, 15) is 4.79 Å². The van der Waals surface area contributed by atoms with Crippen LogP contribution in [0.2, 0.25) is 0 Å². The van der Waals surface area contributed by atoms with Gasteiger partial charge in [-0.15, -0.1) is 0 Å². The zero-order valence-electron chi connectivity index (χ0n) is 17.0. The Kier molecular flexibility index (Phi) is 10.7. The van der Waals surface area contributed by atoms with E-state index in [0.29, 0.717) is 5.92 Å². The molecule has 1 aliphatic rings. The van der Waals surface area contributed by atoms with Gasteiger partial charge in [-0.05, 0) is 30.4 Å². The molecule has 0 saturated heterocycles. The number of hydrogen-bond acceptors (Lipinski definition) is 3. The van der Waals surface area contributed by atoms with Crippen LogP contribution in [0.3, 0.4) is 0 Å².